The summed E-state index contributed by atoms with van der Waals surface area (Å²) >= 11 is 0. The van der Waals surface area contributed by atoms with Gasteiger partial charge in [-0.2, -0.15) is 0 Å². The molecule has 1 aliphatic rings. The molecule has 0 aromatic carbocycles. The molecule has 2 N–H and O–H groups in total. The quantitative estimate of drug-likeness (QED) is 0.0978. The van der Waals surface area contributed by atoms with Gasteiger partial charge in [0.05, 0.1) is 5.57 Å². The predicted octanol–water partition coefficient (Wildman–Crippen LogP) is 8.46. The highest BCUT2D eigenvalue weighted by Gasteiger charge is 2.56. The molecule has 0 aromatic heterocycles. The van der Waals surface area contributed by atoms with Crippen LogP contribution < -0.4 is 0 Å². The van der Waals surface area contributed by atoms with Crippen molar-refractivity contribution in [2.24, 2.45) is 5.92 Å². The van der Waals surface area contributed by atoms with E-state index in [9.17, 15) is 19.8 Å². The zero-order valence-electron chi connectivity index (χ0n) is 30.9. The minimum absolute atomic E-state index is 0.0307. The highest BCUT2D eigenvalue weighted by atomic mass is 28.5. The summed E-state index contributed by atoms with van der Waals surface area (Å²) in [6.45, 7) is 31.2. The molecule has 1 aliphatic carbocycles. The third-order valence-electron chi connectivity index (χ3n) is 6.60. The fourth-order valence-electron chi connectivity index (χ4n) is 6.39. The number of aliphatic carboxylic acids is 2. The van der Waals surface area contributed by atoms with E-state index in [1.54, 1.807) is 0 Å². The van der Waals surface area contributed by atoms with E-state index >= 15 is 0 Å². The van der Waals surface area contributed by atoms with Crippen LogP contribution in [0.3, 0.4) is 0 Å². The molecule has 0 saturated heterocycles. The van der Waals surface area contributed by atoms with E-state index in [0.29, 0.717) is 25.3 Å². The van der Waals surface area contributed by atoms with Crippen molar-refractivity contribution in [3.05, 3.63) is 11.1 Å². The Labute approximate surface area is 281 Å². The molecule has 0 amide bonds. The van der Waals surface area contributed by atoms with Crippen LogP contribution in [0, 0.1) is 5.92 Å². The summed E-state index contributed by atoms with van der Waals surface area (Å²) in [7, 11) is -18.3. The second-order valence-electron chi connectivity index (χ2n) is 16.5. The van der Waals surface area contributed by atoms with Crippen molar-refractivity contribution in [2.75, 3.05) is 0 Å². The SMILES string of the molecule is C[Si](C)(C)O[Si](C)(C)O[Si](CCCC(C(=O)O)=C(C(=O)O)C1CCCCC1)(O[Si](C)(C)O[Si](C)(C)C)O[Si](C)(C)O[Si](C)(C)C. The molecule has 0 bridgehead atoms. The zero-order valence-corrected chi connectivity index (χ0v) is 37.9. The van der Waals surface area contributed by atoms with Gasteiger partial charge in [-0.1, -0.05) is 19.3 Å². The van der Waals surface area contributed by atoms with E-state index in [-0.39, 0.29) is 23.5 Å². The molecule has 0 spiro atoms. The van der Waals surface area contributed by atoms with Gasteiger partial charge in [-0.05, 0) is 130 Å². The first-order valence-corrected chi connectivity index (χ1v) is 37.0. The first-order valence-electron chi connectivity index (χ1n) is 16.4. The molecule has 45 heavy (non-hydrogen) atoms. The van der Waals surface area contributed by atoms with Crippen molar-refractivity contribution in [2.45, 2.75) is 149 Å². The maximum absolute atomic E-state index is 12.6. The summed E-state index contributed by atoms with van der Waals surface area (Å²) in [5, 5.41) is 20.4. The van der Waals surface area contributed by atoms with Crippen molar-refractivity contribution in [3.63, 3.8) is 0 Å². The number of carboxylic acids is 2. The Bertz CT molecular complexity index is 964. The topological polar surface area (TPSA) is 130 Å². The number of hydrogen-bond acceptors (Lipinski definition) is 8. The number of hydrogen-bond donors (Lipinski definition) is 2. The molecule has 0 radical (unpaired) electrons. The van der Waals surface area contributed by atoms with Crippen LogP contribution in [0.15, 0.2) is 11.1 Å². The lowest BCUT2D eigenvalue weighted by atomic mass is 9.81. The molecule has 0 unspecified atom stereocenters. The van der Waals surface area contributed by atoms with Crippen molar-refractivity contribution >= 4 is 71.4 Å². The summed E-state index contributed by atoms with van der Waals surface area (Å²) in [6, 6.07) is 0.295. The Morgan fingerprint density at radius 1 is 0.556 bits per heavy atom. The average Bonchev–Trinajstić information content (AvgIpc) is 2.72. The molecule has 0 aromatic rings. The van der Waals surface area contributed by atoms with Gasteiger partial charge in [0.2, 0.25) is 0 Å². The van der Waals surface area contributed by atoms with Crippen molar-refractivity contribution in [1.29, 1.82) is 0 Å². The Kier molecular flexibility index (Phi) is 15.4. The van der Waals surface area contributed by atoms with E-state index in [2.05, 4.69) is 58.9 Å². The molecule has 1 rings (SSSR count). The molecular weight excluding hydrogens is 693 g/mol. The van der Waals surface area contributed by atoms with Gasteiger partial charge in [-0.25, -0.2) is 9.59 Å². The smallest absolute Gasteiger partial charge is 0.474 e. The Morgan fingerprint density at radius 3 is 1.20 bits per heavy atom. The largest absolute Gasteiger partial charge is 0.478 e. The zero-order chi connectivity index (χ0) is 35.3. The van der Waals surface area contributed by atoms with E-state index in [4.69, 9.17) is 24.7 Å². The van der Waals surface area contributed by atoms with Crippen molar-refractivity contribution < 1.29 is 44.5 Å². The number of carboxylic acid groups (broad SMARTS) is 2. The maximum atomic E-state index is 12.6. The first kappa shape index (κ1) is 43.0. The van der Waals surface area contributed by atoms with Crippen LogP contribution in [0.1, 0.15) is 44.9 Å². The van der Waals surface area contributed by atoms with Crippen LogP contribution >= 0.6 is 0 Å². The lowest BCUT2D eigenvalue weighted by Gasteiger charge is -2.46. The van der Waals surface area contributed by atoms with Gasteiger partial charge >= 0.3 is 46.4 Å². The first-order chi connectivity index (χ1) is 20.0. The van der Waals surface area contributed by atoms with Crippen LogP contribution in [0.25, 0.3) is 0 Å². The minimum Gasteiger partial charge on any atom is -0.478 e. The molecule has 17 heteroatoms. The molecule has 1 saturated carbocycles. The average molecular weight is 757 g/mol. The molecule has 264 valence electrons. The minimum atomic E-state index is -3.69. The number of rotatable bonds is 19. The standard InChI is InChI=1S/C28H64O10Si7/c1-39(2,3)33-42(10,11)36-45(37-43(12,13)34-40(4,5)6,38-44(14,15)35-41(7,8)9)23-19-22-25(27(29)30)26(28(31)32)24-20-17-16-18-21-24/h24H,16-23H2,1-15H3,(H,29,30)(H,31,32). The molecule has 10 nitrogen and oxygen atoms in total. The lowest BCUT2D eigenvalue weighted by Crippen LogP contribution is -2.66. The second kappa shape index (κ2) is 16.1. The van der Waals surface area contributed by atoms with Crippen LogP contribution in [0.2, 0.25) is 104 Å². The fraction of sp³-hybridized carbons (Fsp3) is 0.857. The monoisotopic (exact) mass is 756 g/mol. The molecule has 1 fully saturated rings. The van der Waals surface area contributed by atoms with E-state index in [1.807, 2.05) is 39.3 Å². The van der Waals surface area contributed by atoms with E-state index in [0.717, 1.165) is 19.3 Å². The predicted molar refractivity (Wildman–Crippen MR) is 198 cm³/mol. The van der Waals surface area contributed by atoms with Gasteiger partial charge in [-0.3, -0.25) is 0 Å². The van der Waals surface area contributed by atoms with Crippen LogP contribution in [0.4, 0.5) is 0 Å². The lowest BCUT2D eigenvalue weighted by molar-refractivity contribution is -0.136. The van der Waals surface area contributed by atoms with Crippen LogP contribution in [-0.2, 0) is 34.3 Å². The highest BCUT2D eigenvalue weighted by molar-refractivity contribution is 6.92. The van der Waals surface area contributed by atoms with Gasteiger partial charge in [0.15, 0.2) is 25.0 Å². The summed E-state index contributed by atoms with van der Waals surface area (Å²) in [5.74, 6) is -2.58. The van der Waals surface area contributed by atoms with Crippen LogP contribution in [-0.4, -0.2) is 81.6 Å². The van der Waals surface area contributed by atoms with Gasteiger partial charge in [-0.15, -0.1) is 0 Å². The van der Waals surface area contributed by atoms with E-state index in [1.165, 1.54) is 0 Å². The number of carbonyl (C=O) groups is 2. The van der Waals surface area contributed by atoms with Crippen molar-refractivity contribution in [1.82, 2.24) is 0 Å². The van der Waals surface area contributed by atoms with Gasteiger partial charge in [0, 0.05) is 11.6 Å². The third-order valence-corrected chi connectivity index (χ3v) is 30.4. The fourth-order valence-corrected chi connectivity index (χ4v) is 38.2. The summed E-state index contributed by atoms with van der Waals surface area (Å²) in [5.41, 5.74) is 0.0133. The molecule has 0 atom stereocenters. The van der Waals surface area contributed by atoms with E-state index < -0.39 is 71.4 Å². The van der Waals surface area contributed by atoms with Crippen molar-refractivity contribution in [3.8, 4) is 0 Å². The Morgan fingerprint density at radius 2 is 0.911 bits per heavy atom. The summed E-state index contributed by atoms with van der Waals surface area (Å²) in [6.07, 6.45) is 4.65. The third kappa shape index (κ3) is 17.3. The highest BCUT2D eigenvalue weighted by Crippen LogP contribution is 2.37. The summed E-state index contributed by atoms with van der Waals surface area (Å²) < 4.78 is 41.2. The summed E-state index contributed by atoms with van der Waals surface area (Å²) in [4.78, 5) is 25.0. The molecule has 0 heterocycles. The Balaban J connectivity index is 3.74. The van der Waals surface area contributed by atoms with Gasteiger partial charge in [0.25, 0.3) is 0 Å². The molecular formula is C28H64O10Si7. The maximum Gasteiger partial charge on any atom is 0.474 e. The van der Waals surface area contributed by atoms with Gasteiger partial charge in [0.1, 0.15) is 0 Å². The second-order valence-corrected chi connectivity index (χ2v) is 44.4. The Hall–Kier alpha value is -0.0418. The normalized spacial score (nSPS) is 17.3. The van der Waals surface area contributed by atoms with Crippen LogP contribution in [0.5, 0.6) is 0 Å². The molecule has 0 aliphatic heterocycles. The van der Waals surface area contributed by atoms with Gasteiger partial charge < -0.3 is 34.9 Å².